The lowest BCUT2D eigenvalue weighted by molar-refractivity contribution is -0.123. The highest BCUT2D eigenvalue weighted by atomic mass is 16.5. The van der Waals surface area contributed by atoms with Gasteiger partial charge in [-0.05, 0) is 24.1 Å². The Morgan fingerprint density at radius 3 is 2.82 bits per heavy atom. The summed E-state index contributed by atoms with van der Waals surface area (Å²) in [6, 6.07) is 13.0. The molecular weight excluding hydrogens is 280 g/mol. The smallest absolute Gasteiger partial charge is 0.238 e. The third kappa shape index (κ3) is 3.81. The number of rotatable bonds is 5. The van der Waals surface area contributed by atoms with Crippen molar-refractivity contribution in [3.05, 3.63) is 54.2 Å². The Morgan fingerprint density at radius 2 is 2.14 bits per heavy atom. The van der Waals surface area contributed by atoms with E-state index in [0.29, 0.717) is 12.4 Å². The second-order valence-corrected chi connectivity index (χ2v) is 5.05. The Kier molecular flexibility index (Phi) is 4.62. The van der Waals surface area contributed by atoms with Crippen molar-refractivity contribution < 1.29 is 9.53 Å². The molecule has 0 bridgehead atoms. The Morgan fingerprint density at radius 1 is 1.27 bits per heavy atom. The Labute approximate surface area is 128 Å². The van der Waals surface area contributed by atoms with Crippen LogP contribution in [0.1, 0.15) is 12.0 Å². The number of hydrazine groups is 1. The molecule has 3 N–H and O–H groups in total. The SMILES string of the molecule is O=C(NCc1ccc(Oc2ccccc2)nc1)C1CCNN1. The molecule has 1 aromatic heterocycles. The molecule has 2 heterocycles. The van der Waals surface area contributed by atoms with Crippen LogP contribution in [0.2, 0.25) is 0 Å². The summed E-state index contributed by atoms with van der Waals surface area (Å²) in [4.78, 5) is 16.1. The number of nitrogens with one attached hydrogen (secondary N) is 3. The van der Waals surface area contributed by atoms with E-state index < -0.39 is 0 Å². The number of pyridine rings is 1. The van der Waals surface area contributed by atoms with Crippen LogP contribution in [0.15, 0.2) is 48.7 Å². The summed E-state index contributed by atoms with van der Waals surface area (Å²) in [5.74, 6) is 1.27. The maximum atomic E-state index is 11.9. The van der Waals surface area contributed by atoms with E-state index in [1.165, 1.54) is 0 Å². The molecular formula is C16H18N4O2. The monoisotopic (exact) mass is 298 g/mol. The summed E-state index contributed by atoms with van der Waals surface area (Å²) >= 11 is 0. The number of benzene rings is 1. The van der Waals surface area contributed by atoms with Crippen LogP contribution in [-0.2, 0) is 11.3 Å². The molecule has 1 aromatic carbocycles. The van der Waals surface area contributed by atoms with Crippen molar-refractivity contribution in [2.75, 3.05) is 6.54 Å². The van der Waals surface area contributed by atoms with E-state index in [4.69, 9.17) is 4.74 Å². The second kappa shape index (κ2) is 7.02. The molecule has 3 rings (SSSR count). The quantitative estimate of drug-likeness (QED) is 0.777. The molecule has 0 saturated carbocycles. The third-order valence-corrected chi connectivity index (χ3v) is 3.38. The van der Waals surface area contributed by atoms with E-state index in [1.807, 2.05) is 36.4 Å². The van der Waals surface area contributed by atoms with Crippen molar-refractivity contribution >= 4 is 5.91 Å². The summed E-state index contributed by atoms with van der Waals surface area (Å²) in [6.07, 6.45) is 2.51. The highest BCUT2D eigenvalue weighted by Gasteiger charge is 2.21. The lowest BCUT2D eigenvalue weighted by Crippen LogP contribution is -2.42. The minimum Gasteiger partial charge on any atom is -0.439 e. The van der Waals surface area contributed by atoms with Gasteiger partial charge in [-0.3, -0.25) is 10.2 Å². The second-order valence-electron chi connectivity index (χ2n) is 5.05. The lowest BCUT2D eigenvalue weighted by Gasteiger charge is -2.10. The Hall–Kier alpha value is -2.44. The van der Waals surface area contributed by atoms with Crippen molar-refractivity contribution in [3.8, 4) is 11.6 Å². The molecule has 1 saturated heterocycles. The average molecular weight is 298 g/mol. The van der Waals surface area contributed by atoms with Crippen LogP contribution in [0.5, 0.6) is 11.6 Å². The molecule has 2 aromatic rings. The van der Waals surface area contributed by atoms with E-state index in [1.54, 1.807) is 12.3 Å². The number of aromatic nitrogens is 1. The zero-order chi connectivity index (χ0) is 15.2. The van der Waals surface area contributed by atoms with Gasteiger partial charge in [0.15, 0.2) is 0 Å². The summed E-state index contributed by atoms with van der Waals surface area (Å²) < 4.78 is 5.62. The highest BCUT2D eigenvalue weighted by Crippen LogP contribution is 2.18. The van der Waals surface area contributed by atoms with Gasteiger partial charge in [0.1, 0.15) is 11.8 Å². The third-order valence-electron chi connectivity index (χ3n) is 3.38. The largest absolute Gasteiger partial charge is 0.439 e. The van der Waals surface area contributed by atoms with Crippen LogP contribution in [-0.4, -0.2) is 23.5 Å². The number of para-hydroxylation sites is 1. The van der Waals surface area contributed by atoms with Gasteiger partial charge in [0.2, 0.25) is 11.8 Å². The first-order valence-corrected chi connectivity index (χ1v) is 7.25. The van der Waals surface area contributed by atoms with Gasteiger partial charge in [-0.2, -0.15) is 0 Å². The summed E-state index contributed by atoms with van der Waals surface area (Å²) in [7, 11) is 0. The van der Waals surface area contributed by atoms with Gasteiger partial charge in [-0.15, -0.1) is 0 Å². The molecule has 1 amide bonds. The van der Waals surface area contributed by atoms with Gasteiger partial charge in [-0.25, -0.2) is 10.4 Å². The van der Waals surface area contributed by atoms with Crippen LogP contribution >= 0.6 is 0 Å². The van der Waals surface area contributed by atoms with Gasteiger partial charge in [0.05, 0.1) is 0 Å². The molecule has 1 unspecified atom stereocenters. The zero-order valence-electron chi connectivity index (χ0n) is 12.1. The van der Waals surface area contributed by atoms with Crippen LogP contribution in [0.4, 0.5) is 0 Å². The van der Waals surface area contributed by atoms with Gasteiger partial charge < -0.3 is 10.1 Å². The minimum absolute atomic E-state index is 0.00499. The summed E-state index contributed by atoms with van der Waals surface area (Å²) in [5.41, 5.74) is 6.80. The molecule has 1 aliphatic heterocycles. The molecule has 0 spiro atoms. The number of hydrogen-bond acceptors (Lipinski definition) is 5. The van der Waals surface area contributed by atoms with E-state index in [9.17, 15) is 4.79 Å². The molecule has 114 valence electrons. The predicted molar refractivity (Wildman–Crippen MR) is 82.1 cm³/mol. The van der Waals surface area contributed by atoms with Gasteiger partial charge in [0.25, 0.3) is 0 Å². The number of hydrogen-bond donors (Lipinski definition) is 3. The fraction of sp³-hybridized carbons (Fsp3) is 0.250. The number of carbonyl (C=O) groups excluding carboxylic acids is 1. The van der Waals surface area contributed by atoms with Crippen molar-refractivity contribution in [3.63, 3.8) is 0 Å². The minimum atomic E-state index is -0.159. The van der Waals surface area contributed by atoms with E-state index in [2.05, 4.69) is 21.2 Å². The predicted octanol–water partition coefficient (Wildman–Crippen LogP) is 1.36. The lowest BCUT2D eigenvalue weighted by atomic mass is 10.2. The Bertz CT molecular complexity index is 610. The van der Waals surface area contributed by atoms with Crippen LogP contribution in [0.3, 0.4) is 0 Å². The molecule has 22 heavy (non-hydrogen) atoms. The van der Waals surface area contributed by atoms with Crippen molar-refractivity contribution in [1.82, 2.24) is 21.2 Å². The number of amides is 1. The van der Waals surface area contributed by atoms with E-state index >= 15 is 0 Å². The fourth-order valence-corrected chi connectivity index (χ4v) is 2.18. The molecule has 1 aliphatic rings. The zero-order valence-corrected chi connectivity index (χ0v) is 12.1. The summed E-state index contributed by atoms with van der Waals surface area (Å²) in [5, 5.41) is 2.89. The van der Waals surface area contributed by atoms with Gasteiger partial charge in [-0.1, -0.05) is 24.3 Å². The fourth-order valence-electron chi connectivity index (χ4n) is 2.18. The standard InChI is InChI=1S/C16H18N4O2/c21-16(14-8-9-19-20-14)18-11-12-6-7-15(17-10-12)22-13-4-2-1-3-5-13/h1-7,10,14,19-20H,8-9,11H2,(H,18,21). The number of ether oxygens (including phenoxy) is 1. The van der Waals surface area contributed by atoms with Crippen LogP contribution in [0, 0.1) is 0 Å². The highest BCUT2D eigenvalue weighted by molar-refractivity contribution is 5.81. The Balaban J connectivity index is 1.52. The molecule has 6 heteroatoms. The maximum absolute atomic E-state index is 11.9. The van der Waals surface area contributed by atoms with E-state index in [0.717, 1.165) is 24.3 Å². The molecule has 6 nitrogen and oxygen atoms in total. The van der Waals surface area contributed by atoms with Gasteiger partial charge >= 0.3 is 0 Å². The topological polar surface area (TPSA) is 75.3 Å². The molecule has 1 atom stereocenters. The van der Waals surface area contributed by atoms with Crippen LogP contribution < -0.4 is 20.9 Å². The summed E-state index contributed by atoms with van der Waals surface area (Å²) in [6.45, 7) is 1.26. The molecule has 0 radical (unpaired) electrons. The van der Waals surface area contributed by atoms with Crippen LogP contribution in [0.25, 0.3) is 0 Å². The van der Waals surface area contributed by atoms with Crippen molar-refractivity contribution in [2.24, 2.45) is 0 Å². The first-order chi connectivity index (χ1) is 10.8. The van der Waals surface area contributed by atoms with E-state index in [-0.39, 0.29) is 11.9 Å². The number of carbonyl (C=O) groups is 1. The van der Waals surface area contributed by atoms with Crippen molar-refractivity contribution in [1.29, 1.82) is 0 Å². The first-order valence-electron chi connectivity index (χ1n) is 7.25. The average Bonchev–Trinajstić information content (AvgIpc) is 3.09. The molecule has 1 fully saturated rings. The van der Waals surface area contributed by atoms with Gasteiger partial charge in [0, 0.05) is 25.4 Å². The van der Waals surface area contributed by atoms with Crippen molar-refractivity contribution in [2.45, 2.75) is 19.0 Å². The maximum Gasteiger partial charge on any atom is 0.238 e. The molecule has 0 aliphatic carbocycles. The first kappa shape index (κ1) is 14.5. The number of nitrogens with zero attached hydrogens (tertiary/aromatic N) is 1. The normalized spacial score (nSPS) is 17.2.